The number of hydrogen-bond acceptors (Lipinski definition) is 4. The number of nitrogens with two attached hydrogens (primary N) is 1. The van der Waals surface area contributed by atoms with E-state index in [0.29, 0.717) is 24.3 Å². The maximum Gasteiger partial charge on any atom is 0.254 e. The summed E-state index contributed by atoms with van der Waals surface area (Å²) in [5.41, 5.74) is 9.21. The fourth-order valence-electron chi connectivity index (χ4n) is 3.10. The van der Waals surface area contributed by atoms with Crippen molar-refractivity contribution in [1.82, 2.24) is 4.90 Å². The summed E-state index contributed by atoms with van der Waals surface area (Å²) in [7, 11) is 1.68. The van der Waals surface area contributed by atoms with Gasteiger partial charge in [-0.05, 0) is 36.8 Å². The molecule has 0 saturated carbocycles. The van der Waals surface area contributed by atoms with Gasteiger partial charge < -0.3 is 20.3 Å². The monoisotopic (exact) mass is 325 g/mol. The zero-order valence-electron chi connectivity index (χ0n) is 14.2. The highest BCUT2D eigenvalue weighted by molar-refractivity contribution is 5.97. The summed E-state index contributed by atoms with van der Waals surface area (Å²) in [6.45, 7) is 4.84. The van der Waals surface area contributed by atoms with Crippen LogP contribution >= 0.6 is 0 Å². The highest BCUT2D eigenvalue weighted by atomic mass is 16.5. The normalized spacial score (nSPS) is 14.6. The van der Waals surface area contributed by atoms with E-state index < -0.39 is 0 Å². The van der Waals surface area contributed by atoms with Crippen molar-refractivity contribution in [1.29, 1.82) is 0 Å². The van der Waals surface area contributed by atoms with Crippen LogP contribution < -0.4 is 15.4 Å². The molecule has 2 aromatic carbocycles. The van der Waals surface area contributed by atoms with Gasteiger partial charge in [-0.2, -0.15) is 0 Å². The fraction of sp³-hybridized carbons (Fsp3) is 0.316. The minimum Gasteiger partial charge on any atom is -0.495 e. The van der Waals surface area contributed by atoms with Crippen LogP contribution in [0.15, 0.2) is 42.5 Å². The number of rotatable bonds is 3. The molecule has 3 rings (SSSR count). The third-order valence-corrected chi connectivity index (χ3v) is 4.60. The molecule has 1 aliphatic heterocycles. The Morgan fingerprint density at radius 1 is 1.04 bits per heavy atom. The number of carbonyl (C=O) groups excluding carboxylic acids is 1. The van der Waals surface area contributed by atoms with E-state index in [2.05, 4.69) is 11.0 Å². The number of ether oxygens (including phenoxy) is 1. The van der Waals surface area contributed by atoms with Crippen molar-refractivity contribution in [2.24, 2.45) is 0 Å². The maximum atomic E-state index is 12.8. The number of para-hydroxylation sites is 2. The highest BCUT2D eigenvalue weighted by Crippen LogP contribution is 2.28. The van der Waals surface area contributed by atoms with E-state index in [1.54, 1.807) is 7.11 Å². The van der Waals surface area contributed by atoms with Gasteiger partial charge in [-0.25, -0.2) is 0 Å². The lowest BCUT2D eigenvalue weighted by molar-refractivity contribution is 0.0746. The molecule has 1 fully saturated rings. The molecule has 1 amide bonds. The Labute approximate surface area is 142 Å². The zero-order valence-corrected chi connectivity index (χ0v) is 14.2. The van der Waals surface area contributed by atoms with Gasteiger partial charge in [0.2, 0.25) is 0 Å². The van der Waals surface area contributed by atoms with Crippen LogP contribution in [0, 0.1) is 6.92 Å². The topological polar surface area (TPSA) is 58.8 Å². The molecule has 2 aromatic rings. The second kappa shape index (κ2) is 6.83. The van der Waals surface area contributed by atoms with Crippen LogP contribution in [0.25, 0.3) is 0 Å². The van der Waals surface area contributed by atoms with Gasteiger partial charge >= 0.3 is 0 Å². The first kappa shape index (κ1) is 16.2. The van der Waals surface area contributed by atoms with Crippen LogP contribution in [0.3, 0.4) is 0 Å². The number of nitrogens with zero attached hydrogens (tertiary/aromatic N) is 2. The summed E-state index contributed by atoms with van der Waals surface area (Å²) in [5, 5.41) is 0. The second-order valence-electron chi connectivity index (χ2n) is 5.97. The number of benzene rings is 2. The van der Waals surface area contributed by atoms with Crippen molar-refractivity contribution in [2.45, 2.75) is 6.92 Å². The van der Waals surface area contributed by atoms with Gasteiger partial charge in [-0.15, -0.1) is 0 Å². The van der Waals surface area contributed by atoms with Crippen molar-refractivity contribution in [3.8, 4) is 5.75 Å². The molecule has 1 aliphatic rings. The van der Waals surface area contributed by atoms with Crippen molar-refractivity contribution in [3.63, 3.8) is 0 Å². The number of piperazine rings is 1. The number of nitrogen functional groups attached to an aromatic ring is 1. The largest absolute Gasteiger partial charge is 0.495 e. The Morgan fingerprint density at radius 3 is 2.46 bits per heavy atom. The average molecular weight is 325 g/mol. The second-order valence-corrected chi connectivity index (χ2v) is 5.97. The van der Waals surface area contributed by atoms with Gasteiger partial charge in [-0.1, -0.05) is 18.2 Å². The van der Waals surface area contributed by atoms with Crippen molar-refractivity contribution in [2.75, 3.05) is 43.9 Å². The highest BCUT2D eigenvalue weighted by Gasteiger charge is 2.24. The van der Waals surface area contributed by atoms with Crippen molar-refractivity contribution in [3.05, 3.63) is 53.6 Å². The summed E-state index contributed by atoms with van der Waals surface area (Å²) in [5.74, 6) is 0.920. The number of amides is 1. The molecule has 0 spiro atoms. The summed E-state index contributed by atoms with van der Waals surface area (Å²) in [6.07, 6.45) is 0. The molecular formula is C19H23N3O2. The van der Waals surface area contributed by atoms with Crippen LogP contribution in [0.4, 0.5) is 11.4 Å². The molecule has 0 aliphatic carbocycles. The SMILES string of the molecule is COc1ccccc1N1CCN(C(=O)c2cccc(N)c2C)CC1. The predicted molar refractivity (Wildman–Crippen MR) is 96.7 cm³/mol. The Kier molecular flexibility index (Phi) is 4.60. The van der Waals surface area contributed by atoms with Gasteiger partial charge in [0.15, 0.2) is 0 Å². The minimum absolute atomic E-state index is 0.0551. The zero-order chi connectivity index (χ0) is 17.1. The first-order valence-electron chi connectivity index (χ1n) is 8.14. The molecule has 0 aromatic heterocycles. The number of methoxy groups -OCH3 is 1. The lowest BCUT2D eigenvalue weighted by Gasteiger charge is -2.36. The maximum absolute atomic E-state index is 12.8. The van der Waals surface area contributed by atoms with Gasteiger partial charge in [0.1, 0.15) is 5.75 Å². The summed E-state index contributed by atoms with van der Waals surface area (Å²) >= 11 is 0. The summed E-state index contributed by atoms with van der Waals surface area (Å²) < 4.78 is 5.43. The molecule has 24 heavy (non-hydrogen) atoms. The molecule has 5 heteroatoms. The Balaban J connectivity index is 1.71. The molecule has 2 N–H and O–H groups in total. The Morgan fingerprint density at radius 2 is 1.75 bits per heavy atom. The molecule has 5 nitrogen and oxygen atoms in total. The smallest absolute Gasteiger partial charge is 0.254 e. The standard InChI is InChI=1S/C19H23N3O2/c1-14-15(6-5-7-16(14)20)19(23)22-12-10-21(11-13-22)17-8-3-4-9-18(17)24-2/h3-9H,10-13,20H2,1-2H3. The molecule has 1 saturated heterocycles. The van der Waals surface area contributed by atoms with Crippen LogP contribution in [-0.4, -0.2) is 44.1 Å². The van der Waals surface area contributed by atoms with Gasteiger partial charge in [0.05, 0.1) is 12.8 Å². The van der Waals surface area contributed by atoms with Crippen molar-refractivity contribution < 1.29 is 9.53 Å². The van der Waals surface area contributed by atoms with E-state index in [1.165, 1.54) is 0 Å². The van der Waals surface area contributed by atoms with Crippen LogP contribution in [0.5, 0.6) is 5.75 Å². The Bertz CT molecular complexity index is 737. The molecule has 1 heterocycles. The van der Waals surface area contributed by atoms with Crippen LogP contribution in [0.2, 0.25) is 0 Å². The van der Waals surface area contributed by atoms with Gasteiger partial charge in [0.25, 0.3) is 5.91 Å². The molecular weight excluding hydrogens is 302 g/mol. The van der Waals surface area contributed by atoms with Gasteiger partial charge in [0, 0.05) is 37.4 Å². The summed E-state index contributed by atoms with van der Waals surface area (Å²) in [4.78, 5) is 16.9. The van der Waals surface area contributed by atoms with E-state index in [4.69, 9.17) is 10.5 Å². The molecule has 0 radical (unpaired) electrons. The van der Waals surface area contributed by atoms with Crippen molar-refractivity contribution >= 4 is 17.3 Å². The van der Waals surface area contributed by atoms with Gasteiger partial charge in [-0.3, -0.25) is 4.79 Å². The van der Waals surface area contributed by atoms with E-state index >= 15 is 0 Å². The lowest BCUT2D eigenvalue weighted by Crippen LogP contribution is -2.49. The summed E-state index contributed by atoms with van der Waals surface area (Å²) in [6, 6.07) is 13.5. The first-order valence-corrected chi connectivity index (χ1v) is 8.14. The molecule has 0 atom stereocenters. The van der Waals surface area contributed by atoms with Crippen LogP contribution in [-0.2, 0) is 0 Å². The third kappa shape index (κ3) is 3.02. The lowest BCUT2D eigenvalue weighted by atomic mass is 10.1. The number of carbonyl (C=O) groups is 1. The molecule has 0 bridgehead atoms. The van der Waals surface area contributed by atoms with E-state index in [1.807, 2.05) is 48.2 Å². The number of anilines is 2. The molecule has 0 unspecified atom stereocenters. The predicted octanol–water partition coefficient (Wildman–Crippen LogP) is 2.55. The average Bonchev–Trinajstić information content (AvgIpc) is 2.63. The Hall–Kier alpha value is -2.69. The number of hydrogen-bond donors (Lipinski definition) is 1. The quantitative estimate of drug-likeness (QED) is 0.881. The molecule has 126 valence electrons. The third-order valence-electron chi connectivity index (χ3n) is 4.60. The van der Waals surface area contributed by atoms with Crippen LogP contribution in [0.1, 0.15) is 15.9 Å². The van der Waals surface area contributed by atoms with E-state index in [-0.39, 0.29) is 5.91 Å². The fourth-order valence-corrected chi connectivity index (χ4v) is 3.10. The minimum atomic E-state index is 0.0551. The van der Waals surface area contributed by atoms with E-state index in [9.17, 15) is 4.79 Å². The van der Waals surface area contributed by atoms with E-state index in [0.717, 1.165) is 30.1 Å². The first-order chi connectivity index (χ1) is 11.6.